The number of aliphatic hydroxyl groups is 1. The number of methoxy groups -OCH3 is 1. The van der Waals surface area contributed by atoms with Gasteiger partial charge in [0.25, 0.3) is 0 Å². The molecule has 0 atom stereocenters. The van der Waals surface area contributed by atoms with Crippen LogP contribution in [0.2, 0.25) is 5.02 Å². The third-order valence-electron chi connectivity index (χ3n) is 5.45. The zero-order valence-corrected chi connectivity index (χ0v) is 19.4. The van der Waals surface area contributed by atoms with Gasteiger partial charge in [0.05, 0.1) is 24.8 Å². The molecule has 9 nitrogen and oxygen atoms in total. The van der Waals surface area contributed by atoms with Crippen molar-refractivity contribution in [2.45, 2.75) is 26.8 Å². The second-order valence-corrected chi connectivity index (χ2v) is 7.93. The van der Waals surface area contributed by atoms with Crippen molar-refractivity contribution in [2.75, 3.05) is 26.1 Å². The summed E-state index contributed by atoms with van der Waals surface area (Å²) in [6, 6.07) is 5.58. The van der Waals surface area contributed by atoms with Crippen LogP contribution in [-0.2, 0) is 13.0 Å². The fraction of sp³-hybridized carbons (Fsp3) is 0.304. The highest BCUT2D eigenvalue weighted by Crippen LogP contribution is 2.40. The number of pyridine rings is 1. The molecule has 172 valence electrons. The van der Waals surface area contributed by atoms with E-state index in [2.05, 4.69) is 20.1 Å². The lowest BCUT2D eigenvalue weighted by Crippen LogP contribution is -2.07. The molecule has 0 amide bonds. The summed E-state index contributed by atoms with van der Waals surface area (Å²) in [6.07, 6.45) is 3.76. The zero-order valence-electron chi connectivity index (χ0n) is 18.7. The number of fused-ring (bicyclic) bond motifs is 1. The average Bonchev–Trinajstić information content (AvgIpc) is 3.15. The molecule has 3 aromatic heterocycles. The van der Waals surface area contributed by atoms with E-state index in [0.717, 1.165) is 39.1 Å². The summed E-state index contributed by atoms with van der Waals surface area (Å²) in [5.74, 6) is 1.58. The van der Waals surface area contributed by atoms with Gasteiger partial charge in [0.15, 0.2) is 5.65 Å². The van der Waals surface area contributed by atoms with Gasteiger partial charge in [-0.05, 0) is 43.5 Å². The predicted octanol–water partition coefficient (Wildman–Crippen LogP) is 3.36. The average molecular weight is 469 g/mol. The van der Waals surface area contributed by atoms with Crippen LogP contribution in [0.3, 0.4) is 0 Å². The topological polar surface area (TPSA) is 121 Å². The molecule has 0 saturated heterocycles. The van der Waals surface area contributed by atoms with Crippen LogP contribution in [0.5, 0.6) is 11.6 Å². The second kappa shape index (κ2) is 9.60. The minimum atomic E-state index is -0.0717. The summed E-state index contributed by atoms with van der Waals surface area (Å²) in [4.78, 5) is 12.8. The first-order valence-corrected chi connectivity index (χ1v) is 10.8. The summed E-state index contributed by atoms with van der Waals surface area (Å²) in [7, 11) is 1.64. The van der Waals surface area contributed by atoms with E-state index in [9.17, 15) is 0 Å². The Kier molecular flexibility index (Phi) is 6.62. The molecule has 0 saturated carbocycles. The molecule has 0 fully saturated rings. The molecular weight excluding hydrogens is 444 g/mol. The number of nitrogens with two attached hydrogens (primary N) is 1. The molecule has 4 aromatic rings. The number of rotatable bonds is 8. The summed E-state index contributed by atoms with van der Waals surface area (Å²) in [5, 5.41) is 14.9. The van der Waals surface area contributed by atoms with E-state index in [-0.39, 0.29) is 13.2 Å². The molecule has 3 heterocycles. The highest BCUT2D eigenvalue weighted by Gasteiger charge is 2.19. The molecule has 33 heavy (non-hydrogen) atoms. The molecule has 0 aliphatic rings. The number of halogens is 1. The van der Waals surface area contributed by atoms with Crippen molar-refractivity contribution >= 4 is 28.5 Å². The number of anilines is 1. The van der Waals surface area contributed by atoms with Crippen molar-refractivity contribution in [1.82, 2.24) is 24.7 Å². The summed E-state index contributed by atoms with van der Waals surface area (Å²) >= 11 is 6.61. The quantitative estimate of drug-likeness (QED) is 0.403. The molecule has 3 N–H and O–H groups in total. The number of hydrogen-bond acceptors (Lipinski definition) is 8. The van der Waals surface area contributed by atoms with E-state index < -0.39 is 0 Å². The Morgan fingerprint density at radius 2 is 2.00 bits per heavy atom. The van der Waals surface area contributed by atoms with Gasteiger partial charge in [-0.25, -0.2) is 19.6 Å². The molecule has 1 aromatic carbocycles. The van der Waals surface area contributed by atoms with Crippen LogP contribution in [0.4, 0.5) is 5.82 Å². The Bertz CT molecular complexity index is 1290. The lowest BCUT2D eigenvalue weighted by molar-refractivity contribution is 0.196. The number of nitrogen functional groups attached to an aromatic ring is 1. The van der Waals surface area contributed by atoms with E-state index in [0.29, 0.717) is 35.3 Å². The van der Waals surface area contributed by atoms with Gasteiger partial charge >= 0.3 is 0 Å². The van der Waals surface area contributed by atoms with Gasteiger partial charge in [0.1, 0.15) is 24.5 Å². The minimum Gasteiger partial charge on any atom is -0.496 e. The number of ether oxygens (including phenoxy) is 2. The zero-order chi connectivity index (χ0) is 23.5. The van der Waals surface area contributed by atoms with E-state index in [4.69, 9.17) is 31.9 Å². The summed E-state index contributed by atoms with van der Waals surface area (Å²) in [6.45, 7) is 4.51. The maximum Gasteiger partial charge on any atom is 0.213 e. The van der Waals surface area contributed by atoms with E-state index in [1.807, 2.05) is 30.7 Å². The van der Waals surface area contributed by atoms with Gasteiger partial charge in [0, 0.05) is 35.0 Å². The van der Waals surface area contributed by atoms with Gasteiger partial charge < -0.3 is 20.3 Å². The van der Waals surface area contributed by atoms with Crippen molar-refractivity contribution in [3.8, 4) is 22.8 Å². The summed E-state index contributed by atoms with van der Waals surface area (Å²) in [5.41, 5.74) is 11.0. The van der Waals surface area contributed by atoms with E-state index >= 15 is 0 Å². The number of aryl methyl sites for hydroxylation is 3. The normalized spacial score (nSPS) is 11.2. The highest BCUT2D eigenvalue weighted by molar-refractivity contribution is 6.32. The fourth-order valence-corrected chi connectivity index (χ4v) is 4.13. The summed E-state index contributed by atoms with van der Waals surface area (Å²) < 4.78 is 13.0. The number of hydrogen-bond donors (Lipinski definition) is 2. The molecule has 0 aliphatic heterocycles. The fourth-order valence-electron chi connectivity index (χ4n) is 3.90. The molecule has 0 bridgehead atoms. The van der Waals surface area contributed by atoms with Crippen LogP contribution in [-0.4, -0.2) is 50.2 Å². The Morgan fingerprint density at radius 3 is 2.70 bits per heavy atom. The molecular formula is C23H25ClN6O3. The van der Waals surface area contributed by atoms with Crippen molar-refractivity contribution in [3.05, 3.63) is 52.6 Å². The van der Waals surface area contributed by atoms with E-state index in [1.54, 1.807) is 19.4 Å². The number of benzene rings is 1. The van der Waals surface area contributed by atoms with Crippen LogP contribution >= 0.6 is 11.6 Å². The van der Waals surface area contributed by atoms with Crippen LogP contribution < -0.4 is 15.2 Å². The van der Waals surface area contributed by atoms with Crippen LogP contribution in [0.25, 0.3) is 22.2 Å². The first kappa shape index (κ1) is 22.8. The second-order valence-electron chi connectivity index (χ2n) is 7.52. The van der Waals surface area contributed by atoms with Gasteiger partial charge in [-0.3, -0.25) is 0 Å². The molecule has 0 radical (unpaired) electrons. The molecule has 0 unspecified atom stereocenters. The number of aliphatic hydroxyl groups excluding tert-OH is 1. The van der Waals surface area contributed by atoms with Gasteiger partial charge in [0.2, 0.25) is 5.88 Å². The highest BCUT2D eigenvalue weighted by atomic mass is 35.5. The number of nitrogens with zero attached hydrogens (tertiary/aromatic N) is 5. The Morgan fingerprint density at radius 1 is 1.18 bits per heavy atom. The maximum atomic E-state index is 8.93. The van der Waals surface area contributed by atoms with Crippen LogP contribution in [0.15, 0.2) is 30.7 Å². The Balaban J connectivity index is 1.69. The lowest BCUT2D eigenvalue weighted by Gasteiger charge is -2.18. The molecule has 10 heteroatoms. The molecule has 0 spiro atoms. The number of aromatic nitrogens is 5. The van der Waals surface area contributed by atoms with Crippen molar-refractivity contribution in [3.63, 3.8) is 0 Å². The SMILES string of the molecule is COc1c(CCn2nc(C)c3c(N)ncnc32)cc(Cl)c(C)c1-c1ccc(OCCO)nc1. The Labute approximate surface area is 196 Å². The first-order valence-electron chi connectivity index (χ1n) is 10.4. The van der Waals surface area contributed by atoms with Crippen LogP contribution in [0.1, 0.15) is 16.8 Å². The van der Waals surface area contributed by atoms with Crippen molar-refractivity contribution < 1.29 is 14.6 Å². The Hall–Kier alpha value is -3.43. The van der Waals surface area contributed by atoms with Crippen molar-refractivity contribution in [1.29, 1.82) is 0 Å². The first-order chi connectivity index (χ1) is 15.9. The molecule has 0 aliphatic carbocycles. The third kappa shape index (κ3) is 4.42. The van der Waals surface area contributed by atoms with Crippen LogP contribution in [0, 0.1) is 13.8 Å². The minimum absolute atomic E-state index is 0.0717. The largest absolute Gasteiger partial charge is 0.496 e. The monoisotopic (exact) mass is 468 g/mol. The maximum absolute atomic E-state index is 8.93. The van der Waals surface area contributed by atoms with Gasteiger partial charge in [-0.2, -0.15) is 5.10 Å². The lowest BCUT2D eigenvalue weighted by atomic mass is 9.96. The third-order valence-corrected chi connectivity index (χ3v) is 5.84. The smallest absolute Gasteiger partial charge is 0.213 e. The standard InChI is InChI=1S/C23H25ClN6O3/c1-13-17(24)10-15(6-7-30-23-20(14(2)29-30)22(25)27-12-28-23)21(32-3)19(13)16-4-5-18(26-11-16)33-9-8-31/h4-5,10-12,31H,6-9H2,1-3H3,(H2,25,27,28). The predicted molar refractivity (Wildman–Crippen MR) is 127 cm³/mol. The molecule has 4 rings (SSSR count). The van der Waals surface area contributed by atoms with Crippen molar-refractivity contribution in [2.24, 2.45) is 0 Å². The van der Waals surface area contributed by atoms with Gasteiger partial charge in [-0.1, -0.05) is 11.6 Å². The van der Waals surface area contributed by atoms with E-state index in [1.165, 1.54) is 6.33 Å². The van der Waals surface area contributed by atoms with Gasteiger partial charge in [-0.15, -0.1) is 0 Å².